The summed E-state index contributed by atoms with van der Waals surface area (Å²) in [5, 5.41) is 13.5. The zero-order valence-corrected chi connectivity index (χ0v) is 17.6. The predicted octanol–water partition coefficient (Wildman–Crippen LogP) is 6.32. The van der Waals surface area contributed by atoms with E-state index in [-0.39, 0.29) is 5.91 Å². The Morgan fingerprint density at radius 3 is 1.89 bits per heavy atom. The van der Waals surface area contributed by atoms with Crippen LogP contribution in [0.5, 0.6) is 0 Å². The highest BCUT2D eigenvalue weighted by Gasteiger charge is 2.25. The van der Waals surface area contributed by atoms with Crippen molar-refractivity contribution in [3.63, 3.8) is 0 Å². The van der Waals surface area contributed by atoms with Gasteiger partial charge in [-0.3, -0.25) is 4.79 Å². The molecule has 0 aromatic heterocycles. The fourth-order valence-corrected chi connectivity index (χ4v) is 3.41. The van der Waals surface area contributed by atoms with Gasteiger partial charge in [-0.2, -0.15) is 5.26 Å². The van der Waals surface area contributed by atoms with Gasteiger partial charge < -0.3 is 5.32 Å². The monoisotopic (exact) mass is 400 g/mol. The Bertz CT molecular complexity index is 923. The van der Waals surface area contributed by atoms with Crippen LogP contribution in [0, 0.1) is 30.6 Å². The number of carbonyl (C=O) groups is 1. The van der Waals surface area contributed by atoms with Crippen LogP contribution in [0.3, 0.4) is 0 Å². The molecule has 0 saturated carbocycles. The molecule has 1 N–H and O–H groups in total. The summed E-state index contributed by atoms with van der Waals surface area (Å²) in [7, 11) is 0. The summed E-state index contributed by atoms with van der Waals surface area (Å²) in [5.41, 5.74) is 3.77. The summed E-state index contributed by atoms with van der Waals surface area (Å²) in [6.07, 6.45) is 0. The van der Waals surface area contributed by atoms with Crippen LogP contribution in [-0.4, -0.2) is 5.91 Å². The summed E-state index contributed by atoms with van der Waals surface area (Å²) in [6.45, 7) is 9.82. The van der Waals surface area contributed by atoms with Gasteiger partial charge in [-0.1, -0.05) is 73.3 Å². The van der Waals surface area contributed by atoms with Crippen LogP contribution < -0.4 is 5.32 Å². The Hall–Kier alpha value is -2.28. The lowest BCUT2D eigenvalue weighted by Crippen LogP contribution is -2.31. The number of benzene rings is 2. The molecule has 0 atom stereocenters. The highest BCUT2D eigenvalue weighted by atomic mass is 35.5. The molecule has 0 heterocycles. The molecule has 27 heavy (non-hydrogen) atoms. The molecule has 0 spiro atoms. The molecule has 0 fully saturated rings. The smallest absolute Gasteiger partial charge is 0.255 e. The second kappa shape index (κ2) is 8.17. The molecule has 0 saturated heterocycles. The quantitative estimate of drug-likeness (QED) is 0.612. The van der Waals surface area contributed by atoms with E-state index >= 15 is 0 Å². The van der Waals surface area contributed by atoms with Crippen molar-refractivity contribution >= 4 is 34.7 Å². The largest absolute Gasteiger partial charge is 0.324 e. The average Bonchev–Trinajstić information content (AvgIpc) is 2.51. The van der Waals surface area contributed by atoms with Gasteiger partial charge >= 0.3 is 0 Å². The van der Waals surface area contributed by atoms with Crippen LogP contribution in [-0.2, 0) is 0 Å². The number of halogens is 2. The zero-order valence-electron chi connectivity index (χ0n) is 16.1. The fourth-order valence-electron chi connectivity index (χ4n) is 2.88. The topological polar surface area (TPSA) is 52.9 Å². The van der Waals surface area contributed by atoms with Crippen molar-refractivity contribution in [1.29, 1.82) is 5.26 Å². The van der Waals surface area contributed by atoms with Crippen molar-refractivity contribution in [2.75, 3.05) is 0 Å². The maximum atomic E-state index is 12.8. The van der Waals surface area contributed by atoms with Gasteiger partial charge in [0.05, 0.1) is 5.57 Å². The molecule has 0 radical (unpaired) electrons. The SMILES string of the molecule is Cc1cc(C)cc(/C(C#N)=C(\NC(=O)c2cc(Cl)cc(Cl)c2)C(C)(C)C)c1. The van der Waals surface area contributed by atoms with Crippen LogP contribution in [0.15, 0.2) is 42.1 Å². The average molecular weight is 401 g/mol. The maximum absolute atomic E-state index is 12.8. The van der Waals surface area contributed by atoms with Crippen molar-refractivity contribution in [2.24, 2.45) is 5.41 Å². The van der Waals surface area contributed by atoms with Crippen LogP contribution in [0.2, 0.25) is 10.0 Å². The Morgan fingerprint density at radius 2 is 1.44 bits per heavy atom. The first-order chi connectivity index (χ1) is 12.5. The van der Waals surface area contributed by atoms with E-state index in [0.717, 1.165) is 16.7 Å². The number of hydrogen-bond donors (Lipinski definition) is 1. The number of nitrogens with one attached hydrogen (secondary N) is 1. The van der Waals surface area contributed by atoms with E-state index in [0.29, 0.717) is 26.9 Å². The van der Waals surface area contributed by atoms with Crippen molar-refractivity contribution in [3.05, 3.63) is 74.4 Å². The number of rotatable bonds is 3. The van der Waals surface area contributed by atoms with E-state index in [4.69, 9.17) is 23.2 Å². The summed E-state index contributed by atoms with van der Waals surface area (Å²) in [6, 6.07) is 12.9. The lowest BCUT2D eigenvalue weighted by Gasteiger charge is -2.26. The van der Waals surface area contributed by atoms with Gasteiger partial charge in [0.25, 0.3) is 5.91 Å². The molecule has 0 bridgehead atoms. The van der Waals surface area contributed by atoms with Gasteiger partial charge in [0, 0.05) is 26.7 Å². The summed E-state index contributed by atoms with van der Waals surface area (Å²) < 4.78 is 0. The zero-order chi connectivity index (χ0) is 20.4. The van der Waals surface area contributed by atoms with E-state index < -0.39 is 5.41 Å². The number of aryl methyl sites for hydroxylation is 2. The molecule has 0 aliphatic rings. The third kappa shape index (κ3) is 5.35. The van der Waals surface area contributed by atoms with E-state index in [2.05, 4.69) is 11.4 Å². The van der Waals surface area contributed by atoms with E-state index in [9.17, 15) is 10.1 Å². The number of nitriles is 1. The minimum atomic E-state index is -0.458. The van der Waals surface area contributed by atoms with Crippen LogP contribution in [0.1, 0.15) is 47.8 Å². The number of allylic oxidation sites excluding steroid dienone is 2. The third-order valence-electron chi connectivity index (χ3n) is 3.99. The first-order valence-electron chi connectivity index (χ1n) is 8.52. The Labute approximate surface area is 170 Å². The van der Waals surface area contributed by atoms with Crippen molar-refractivity contribution in [2.45, 2.75) is 34.6 Å². The van der Waals surface area contributed by atoms with Crippen molar-refractivity contribution in [1.82, 2.24) is 5.32 Å². The minimum absolute atomic E-state index is 0.340. The third-order valence-corrected chi connectivity index (χ3v) is 4.42. The van der Waals surface area contributed by atoms with Gasteiger partial charge in [-0.05, 0) is 37.6 Å². The minimum Gasteiger partial charge on any atom is -0.324 e. The Balaban J connectivity index is 2.58. The number of amides is 1. The van der Waals surface area contributed by atoms with E-state index in [1.165, 1.54) is 0 Å². The Morgan fingerprint density at radius 1 is 0.926 bits per heavy atom. The van der Waals surface area contributed by atoms with Crippen LogP contribution >= 0.6 is 23.2 Å². The highest BCUT2D eigenvalue weighted by Crippen LogP contribution is 2.32. The number of nitrogens with zero attached hydrogens (tertiary/aromatic N) is 1. The molecule has 0 unspecified atom stereocenters. The van der Waals surface area contributed by atoms with Crippen molar-refractivity contribution < 1.29 is 4.79 Å². The normalized spacial score (nSPS) is 12.2. The van der Waals surface area contributed by atoms with Crippen LogP contribution in [0.4, 0.5) is 0 Å². The second-order valence-corrected chi connectivity index (χ2v) is 8.47. The maximum Gasteiger partial charge on any atom is 0.255 e. The van der Waals surface area contributed by atoms with Crippen molar-refractivity contribution in [3.8, 4) is 6.07 Å². The second-order valence-electron chi connectivity index (χ2n) is 7.60. The summed E-state index contributed by atoms with van der Waals surface area (Å²) in [4.78, 5) is 12.8. The van der Waals surface area contributed by atoms with E-state index in [1.807, 2.05) is 52.8 Å². The predicted molar refractivity (Wildman–Crippen MR) is 112 cm³/mol. The molecule has 3 nitrogen and oxygen atoms in total. The molecular weight excluding hydrogens is 379 g/mol. The van der Waals surface area contributed by atoms with Gasteiger partial charge in [0.15, 0.2) is 0 Å². The Kier molecular flexibility index (Phi) is 6.36. The molecule has 1 amide bonds. The molecular formula is C22H22Cl2N2O. The fraction of sp³-hybridized carbons (Fsp3) is 0.273. The first-order valence-corrected chi connectivity index (χ1v) is 9.28. The molecule has 2 aromatic carbocycles. The molecule has 140 valence electrons. The molecule has 2 rings (SSSR count). The van der Waals surface area contributed by atoms with E-state index in [1.54, 1.807) is 18.2 Å². The van der Waals surface area contributed by atoms with Gasteiger partial charge in [-0.25, -0.2) is 0 Å². The van der Waals surface area contributed by atoms with Crippen LogP contribution in [0.25, 0.3) is 5.57 Å². The molecule has 2 aromatic rings. The first kappa shape index (κ1) is 21.0. The highest BCUT2D eigenvalue weighted by molar-refractivity contribution is 6.35. The lowest BCUT2D eigenvalue weighted by molar-refractivity contribution is 0.0958. The molecule has 0 aliphatic carbocycles. The van der Waals surface area contributed by atoms with Gasteiger partial charge in [-0.15, -0.1) is 0 Å². The number of carbonyl (C=O) groups excluding carboxylic acids is 1. The standard InChI is InChI=1S/C22H22Cl2N2O/c1-13-6-14(2)8-15(7-13)19(12-25)20(22(3,4)5)26-21(27)16-9-17(23)11-18(24)10-16/h6-11H,1-5H3,(H,26,27)/b20-19-. The molecule has 5 heteroatoms. The van der Waals surface area contributed by atoms with Gasteiger partial charge in [0.1, 0.15) is 6.07 Å². The summed E-state index contributed by atoms with van der Waals surface area (Å²) in [5.74, 6) is -0.360. The summed E-state index contributed by atoms with van der Waals surface area (Å²) >= 11 is 12.0. The number of hydrogen-bond acceptors (Lipinski definition) is 2. The lowest BCUT2D eigenvalue weighted by atomic mass is 9.86. The molecule has 0 aliphatic heterocycles. The van der Waals surface area contributed by atoms with Gasteiger partial charge in [0.2, 0.25) is 0 Å².